The maximum atomic E-state index is 11.7. The predicted molar refractivity (Wildman–Crippen MR) is 77.4 cm³/mol. The van der Waals surface area contributed by atoms with Gasteiger partial charge in [0.2, 0.25) is 10.0 Å². The third-order valence-corrected chi connectivity index (χ3v) is 4.96. The molecule has 0 aliphatic carbocycles. The quantitative estimate of drug-likeness (QED) is 0.791. The zero-order chi connectivity index (χ0) is 14.7. The van der Waals surface area contributed by atoms with Crippen LogP contribution in [0, 0.1) is 0 Å². The molecular formula is C12H20N2O3S2. The first-order chi connectivity index (χ1) is 8.60. The molecule has 1 rings (SSSR count). The normalized spacial score (nSPS) is 14.4. The summed E-state index contributed by atoms with van der Waals surface area (Å²) >= 11 is -1.10. The van der Waals surface area contributed by atoms with E-state index in [0.717, 1.165) is 5.56 Å². The first-order valence-electron chi connectivity index (χ1n) is 5.88. The minimum Gasteiger partial charge on any atom is -0.598 e. The fourth-order valence-electron chi connectivity index (χ4n) is 1.35. The predicted octanol–water partition coefficient (Wildman–Crippen LogP) is 0.928. The highest BCUT2D eigenvalue weighted by Gasteiger charge is 2.25. The molecule has 0 saturated carbocycles. The van der Waals surface area contributed by atoms with Crippen LogP contribution in [0.4, 0.5) is 0 Å². The summed E-state index contributed by atoms with van der Waals surface area (Å²) < 4.78 is 36.6. The van der Waals surface area contributed by atoms with Gasteiger partial charge in [-0.2, -0.15) is 0 Å². The average molecular weight is 304 g/mol. The maximum Gasteiger partial charge on any atom is 0.238 e. The number of benzene rings is 1. The van der Waals surface area contributed by atoms with E-state index in [-0.39, 0.29) is 9.64 Å². The van der Waals surface area contributed by atoms with E-state index in [0.29, 0.717) is 13.0 Å². The minimum absolute atomic E-state index is 0.0995. The fourth-order valence-corrected chi connectivity index (χ4v) is 2.59. The fraction of sp³-hybridized carbons (Fsp3) is 0.500. The van der Waals surface area contributed by atoms with Crippen molar-refractivity contribution < 1.29 is 13.0 Å². The smallest absolute Gasteiger partial charge is 0.238 e. The van der Waals surface area contributed by atoms with Gasteiger partial charge in [0.15, 0.2) is 0 Å². The molecule has 5 nitrogen and oxygen atoms in total. The monoisotopic (exact) mass is 304 g/mol. The van der Waals surface area contributed by atoms with E-state index < -0.39 is 21.4 Å². The van der Waals surface area contributed by atoms with E-state index in [1.807, 2.05) is 20.8 Å². The Morgan fingerprint density at radius 3 is 2.21 bits per heavy atom. The summed E-state index contributed by atoms with van der Waals surface area (Å²) in [4.78, 5) is 0.0995. The Morgan fingerprint density at radius 1 is 1.26 bits per heavy atom. The van der Waals surface area contributed by atoms with Gasteiger partial charge in [-0.1, -0.05) is 12.1 Å². The van der Waals surface area contributed by atoms with Crippen LogP contribution in [0.1, 0.15) is 26.3 Å². The van der Waals surface area contributed by atoms with Crippen molar-refractivity contribution in [2.24, 2.45) is 5.14 Å². The zero-order valence-corrected chi connectivity index (χ0v) is 13.0. The molecule has 0 heterocycles. The van der Waals surface area contributed by atoms with Gasteiger partial charge in [0.25, 0.3) is 0 Å². The molecule has 7 heteroatoms. The first-order valence-corrected chi connectivity index (χ1v) is 8.57. The molecular weight excluding hydrogens is 284 g/mol. The molecule has 19 heavy (non-hydrogen) atoms. The number of primary sulfonamides is 1. The Balaban J connectivity index is 2.52. The van der Waals surface area contributed by atoms with Crippen molar-refractivity contribution >= 4 is 21.4 Å². The third kappa shape index (κ3) is 5.50. The Hall–Kier alpha value is -0.600. The van der Waals surface area contributed by atoms with E-state index in [2.05, 4.69) is 4.72 Å². The molecule has 0 aliphatic rings. The molecule has 1 aromatic carbocycles. The largest absolute Gasteiger partial charge is 0.598 e. The Labute approximate surface area is 118 Å². The number of hydrogen-bond donors (Lipinski definition) is 2. The SMILES string of the molecule is CC(C)(C)[S@@+]([O-])NCCc1ccc(S(N)(=O)=O)cc1. The second-order valence-corrected chi connectivity index (χ2v) is 8.83. The lowest BCUT2D eigenvalue weighted by atomic mass is 10.2. The van der Waals surface area contributed by atoms with Crippen LogP contribution in [0.25, 0.3) is 0 Å². The summed E-state index contributed by atoms with van der Waals surface area (Å²) in [7, 11) is -3.64. The number of hydrogen-bond acceptors (Lipinski definition) is 4. The number of nitrogens with one attached hydrogen (secondary N) is 1. The average Bonchev–Trinajstić information content (AvgIpc) is 2.27. The van der Waals surface area contributed by atoms with Gasteiger partial charge in [-0.05, 0) is 44.9 Å². The van der Waals surface area contributed by atoms with Gasteiger partial charge in [-0.3, -0.25) is 0 Å². The molecule has 1 aromatic rings. The van der Waals surface area contributed by atoms with Gasteiger partial charge in [0.05, 0.1) is 4.90 Å². The molecule has 0 radical (unpaired) electrons. The first kappa shape index (κ1) is 16.5. The van der Waals surface area contributed by atoms with E-state index in [1.54, 1.807) is 12.1 Å². The number of sulfonamides is 1. The third-order valence-electron chi connectivity index (χ3n) is 2.45. The lowest BCUT2D eigenvalue weighted by Gasteiger charge is -2.23. The summed E-state index contributed by atoms with van der Waals surface area (Å²) in [5, 5.41) is 5.01. The van der Waals surface area contributed by atoms with Gasteiger partial charge in [0.1, 0.15) is 4.75 Å². The summed E-state index contributed by atoms with van der Waals surface area (Å²) in [6.07, 6.45) is 0.673. The van der Waals surface area contributed by atoms with Crippen molar-refractivity contribution in [3.63, 3.8) is 0 Å². The van der Waals surface area contributed by atoms with Gasteiger partial charge in [0, 0.05) is 17.9 Å². The van der Waals surface area contributed by atoms with Crippen LogP contribution in [-0.4, -0.2) is 24.3 Å². The molecule has 108 valence electrons. The van der Waals surface area contributed by atoms with Crippen LogP contribution in [0.15, 0.2) is 29.2 Å². The molecule has 0 bridgehead atoms. The van der Waals surface area contributed by atoms with Crippen LogP contribution < -0.4 is 9.86 Å². The number of rotatable bonds is 5. The second-order valence-electron chi connectivity index (χ2n) is 5.21. The van der Waals surface area contributed by atoms with Crippen LogP contribution >= 0.6 is 0 Å². The summed E-state index contributed by atoms with van der Waals surface area (Å²) in [5.74, 6) is 0. The summed E-state index contributed by atoms with van der Waals surface area (Å²) in [6.45, 7) is 6.27. The second kappa shape index (κ2) is 6.23. The van der Waals surface area contributed by atoms with Crippen LogP contribution in [-0.2, 0) is 27.8 Å². The minimum atomic E-state index is -3.64. The van der Waals surface area contributed by atoms with E-state index >= 15 is 0 Å². The molecule has 0 unspecified atom stereocenters. The summed E-state index contributed by atoms with van der Waals surface area (Å²) in [6, 6.07) is 6.37. The van der Waals surface area contributed by atoms with Crippen molar-refractivity contribution in [1.82, 2.24) is 4.72 Å². The molecule has 1 atom stereocenters. The van der Waals surface area contributed by atoms with Crippen molar-refractivity contribution in [3.05, 3.63) is 29.8 Å². The topological polar surface area (TPSA) is 95.2 Å². The van der Waals surface area contributed by atoms with E-state index in [9.17, 15) is 13.0 Å². The molecule has 0 aromatic heterocycles. The Kier molecular flexibility index (Phi) is 5.40. The van der Waals surface area contributed by atoms with Crippen molar-refractivity contribution in [2.75, 3.05) is 6.54 Å². The molecule has 3 N–H and O–H groups in total. The van der Waals surface area contributed by atoms with Gasteiger partial charge in [-0.25, -0.2) is 13.6 Å². The maximum absolute atomic E-state index is 11.7. The van der Waals surface area contributed by atoms with Crippen LogP contribution in [0.5, 0.6) is 0 Å². The molecule has 0 fully saturated rings. The van der Waals surface area contributed by atoms with E-state index in [1.165, 1.54) is 12.1 Å². The lowest BCUT2D eigenvalue weighted by Crippen LogP contribution is -2.40. The van der Waals surface area contributed by atoms with Crippen molar-refractivity contribution in [2.45, 2.75) is 36.8 Å². The molecule has 0 amide bonds. The highest BCUT2D eigenvalue weighted by Crippen LogP contribution is 2.13. The van der Waals surface area contributed by atoms with Gasteiger partial charge in [-0.15, -0.1) is 4.72 Å². The number of nitrogens with two attached hydrogens (primary N) is 1. The molecule has 0 spiro atoms. The Morgan fingerprint density at radius 2 is 1.79 bits per heavy atom. The lowest BCUT2D eigenvalue weighted by molar-refractivity contribution is 0.544. The molecule has 0 saturated heterocycles. The highest BCUT2D eigenvalue weighted by molar-refractivity contribution is 7.90. The van der Waals surface area contributed by atoms with Gasteiger partial charge < -0.3 is 4.55 Å². The van der Waals surface area contributed by atoms with E-state index in [4.69, 9.17) is 5.14 Å². The highest BCUT2D eigenvalue weighted by atomic mass is 32.2. The molecule has 0 aliphatic heterocycles. The summed E-state index contributed by atoms with van der Waals surface area (Å²) in [5.41, 5.74) is 0.964. The van der Waals surface area contributed by atoms with Crippen LogP contribution in [0.3, 0.4) is 0 Å². The Bertz CT molecular complexity index is 507. The standard InChI is InChI=1S/C12H20N2O3S2/c1-12(2,3)18(15)14-9-8-10-4-6-11(7-5-10)19(13,16)17/h4-7,14H,8-9H2,1-3H3,(H2,13,16,17)/t18-/m1/s1. The van der Waals surface area contributed by atoms with Crippen molar-refractivity contribution in [3.8, 4) is 0 Å². The zero-order valence-electron chi connectivity index (χ0n) is 11.3. The van der Waals surface area contributed by atoms with Crippen molar-refractivity contribution in [1.29, 1.82) is 0 Å². The van der Waals surface area contributed by atoms with Crippen LogP contribution in [0.2, 0.25) is 0 Å². The van der Waals surface area contributed by atoms with Gasteiger partial charge >= 0.3 is 0 Å².